The van der Waals surface area contributed by atoms with Gasteiger partial charge in [0.25, 0.3) is 0 Å². The minimum Gasteiger partial charge on any atom is -0.394 e. The first-order valence-corrected chi connectivity index (χ1v) is 22.7. The summed E-state index contributed by atoms with van der Waals surface area (Å²) in [5.41, 5.74) is 18.8. The first-order valence-electron chi connectivity index (χ1n) is 22.7. The number of aliphatic hydroxyl groups excluding tert-OH is 3. The van der Waals surface area contributed by atoms with Gasteiger partial charge in [0.2, 0.25) is 11.8 Å². The van der Waals surface area contributed by atoms with Gasteiger partial charge in [0.1, 0.15) is 24.2 Å². The van der Waals surface area contributed by atoms with Crippen LogP contribution in [0.3, 0.4) is 0 Å². The maximum Gasteiger partial charge on any atom is 0.226 e. The van der Waals surface area contributed by atoms with Crippen molar-refractivity contribution < 1.29 is 34.4 Å². The van der Waals surface area contributed by atoms with Gasteiger partial charge in [0, 0.05) is 5.92 Å². The van der Waals surface area contributed by atoms with Crippen LogP contribution in [-0.2, 0) is 19.1 Å². The van der Waals surface area contributed by atoms with Gasteiger partial charge in [-0.25, -0.2) is 0 Å². The van der Waals surface area contributed by atoms with Crippen LogP contribution in [0, 0.1) is 17.8 Å². The molecule has 1 saturated heterocycles. The SMILES string of the molecule is CCCCCCCCCCCCCCCCCCC(CCCCCCCCCC)C(=O)N[C@]1(N)O[C@H](CO)[C@@H](O)[C@H](O)[C@H]1C(=O)C(N)C(=O)[C@@H](N)CC(C)C. The minimum absolute atomic E-state index is 0.0669. The predicted molar refractivity (Wildman–Crippen MR) is 223 cm³/mol. The standard InChI is InChI=1S/C44H86N4O7/c1-5-7-9-11-13-15-16-17-18-19-20-21-22-24-26-28-30-34(29-27-25-23-14-12-10-8-6-2)43(54)48-44(47)37(42(53)40(51)36(32-49)55-44)41(52)38(46)39(50)35(45)31-33(3)4/h33-38,40,42,49,51,53H,5-32,45-47H2,1-4H3,(H,48,54)/t34?,35-,36+,37+,38?,40+,42+,44-/m0/s1. The van der Waals surface area contributed by atoms with Crippen molar-refractivity contribution in [3.8, 4) is 0 Å². The number of ether oxygens (including phenoxy) is 1. The van der Waals surface area contributed by atoms with Crippen molar-refractivity contribution in [2.75, 3.05) is 6.61 Å². The maximum atomic E-state index is 14.0. The van der Waals surface area contributed by atoms with Crippen LogP contribution in [0.5, 0.6) is 0 Å². The van der Waals surface area contributed by atoms with Gasteiger partial charge >= 0.3 is 0 Å². The highest BCUT2D eigenvalue weighted by Gasteiger charge is 2.57. The van der Waals surface area contributed by atoms with E-state index < -0.39 is 72.2 Å². The summed E-state index contributed by atoms with van der Waals surface area (Å²) in [5, 5.41) is 34.5. The lowest BCUT2D eigenvalue weighted by Gasteiger charge is -2.48. The second-order valence-corrected chi connectivity index (χ2v) is 17.2. The van der Waals surface area contributed by atoms with Crippen molar-refractivity contribution in [3.63, 3.8) is 0 Å². The Bertz CT molecular complexity index is 1020. The molecule has 1 rings (SSSR count). The molecule has 0 aromatic rings. The Labute approximate surface area is 335 Å². The third-order valence-corrected chi connectivity index (χ3v) is 11.6. The molecular formula is C44H86N4O7. The predicted octanol–water partition coefficient (Wildman–Crippen LogP) is 7.08. The molecule has 0 spiro atoms. The van der Waals surface area contributed by atoms with Gasteiger partial charge in [-0.05, 0) is 25.2 Å². The van der Waals surface area contributed by atoms with Crippen molar-refractivity contribution in [1.29, 1.82) is 0 Å². The van der Waals surface area contributed by atoms with E-state index in [9.17, 15) is 29.7 Å². The number of Topliss-reactive ketones (excluding diaryl/α,β-unsaturated/α-hetero) is 2. The third-order valence-electron chi connectivity index (χ3n) is 11.6. The van der Waals surface area contributed by atoms with Crippen LogP contribution >= 0.6 is 0 Å². The molecule has 1 fully saturated rings. The van der Waals surface area contributed by atoms with Gasteiger partial charge in [0.15, 0.2) is 11.6 Å². The summed E-state index contributed by atoms with van der Waals surface area (Å²) in [6.45, 7) is 7.51. The van der Waals surface area contributed by atoms with Gasteiger partial charge < -0.3 is 36.8 Å². The van der Waals surface area contributed by atoms with Crippen molar-refractivity contribution in [1.82, 2.24) is 5.32 Å². The van der Waals surface area contributed by atoms with Crippen molar-refractivity contribution in [3.05, 3.63) is 0 Å². The summed E-state index contributed by atoms with van der Waals surface area (Å²) in [5.74, 6) is -6.61. The Kier molecular flexibility index (Phi) is 28.7. The highest BCUT2D eigenvalue weighted by atomic mass is 16.6. The summed E-state index contributed by atoms with van der Waals surface area (Å²) >= 11 is 0. The van der Waals surface area contributed by atoms with E-state index in [0.29, 0.717) is 19.3 Å². The summed E-state index contributed by atoms with van der Waals surface area (Å²) < 4.78 is 5.81. The maximum absolute atomic E-state index is 14.0. The Hall–Kier alpha value is -1.47. The lowest BCUT2D eigenvalue weighted by Crippen LogP contribution is -2.76. The van der Waals surface area contributed by atoms with Gasteiger partial charge in [-0.15, -0.1) is 0 Å². The zero-order valence-electron chi connectivity index (χ0n) is 35.6. The number of nitrogens with two attached hydrogens (primary N) is 3. The number of nitrogens with one attached hydrogen (secondary N) is 1. The number of amides is 1. The van der Waals surface area contributed by atoms with Crippen LogP contribution < -0.4 is 22.5 Å². The van der Waals surface area contributed by atoms with E-state index >= 15 is 0 Å². The van der Waals surface area contributed by atoms with E-state index in [1.807, 2.05) is 13.8 Å². The smallest absolute Gasteiger partial charge is 0.226 e. The molecule has 0 radical (unpaired) electrons. The zero-order valence-corrected chi connectivity index (χ0v) is 35.6. The van der Waals surface area contributed by atoms with Crippen molar-refractivity contribution >= 4 is 17.5 Å². The van der Waals surface area contributed by atoms with E-state index in [-0.39, 0.29) is 5.92 Å². The van der Waals surface area contributed by atoms with Crippen LogP contribution in [0.15, 0.2) is 0 Å². The Morgan fingerprint density at radius 1 is 0.655 bits per heavy atom. The van der Waals surface area contributed by atoms with Gasteiger partial charge in [-0.2, -0.15) is 0 Å². The van der Waals surface area contributed by atoms with Crippen LogP contribution in [-0.4, -0.2) is 75.6 Å². The van der Waals surface area contributed by atoms with Crippen molar-refractivity contribution in [2.24, 2.45) is 35.0 Å². The number of rotatable bonds is 35. The number of hydrogen-bond donors (Lipinski definition) is 7. The largest absolute Gasteiger partial charge is 0.394 e. The monoisotopic (exact) mass is 783 g/mol. The number of hydrogen-bond acceptors (Lipinski definition) is 10. The fourth-order valence-electron chi connectivity index (χ4n) is 8.05. The van der Waals surface area contributed by atoms with Crippen LogP contribution in [0.4, 0.5) is 0 Å². The second kappa shape index (κ2) is 30.6. The molecule has 0 saturated carbocycles. The summed E-state index contributed by atoms with van der Waals surface area (Å²) in [4.78, 5) is 40.9. The lowest BCUT2D eigenvalue weighted by molar-refractivity contribution is -0.258. The molecular weight excluding hydrogens is 697 g/mol. The van der Waals surface area contributed by atoms with Gasteiger partial charge in [0.05, 0.1) is 18.8 Å². The molecule has 0 bridgehead atoms. The molecule has 10 N–H and O–H groups in total. The average molecular weight is 783 g/mol. The van der Waals surface area contributed by atoms with Gasteiger partial charge in [-0.3, -0.25) is 20.1 Å². The van der Waals surface area contributed by atoms with Crippen LogP contribution in [0.1, 0.15) is 201 Å². The van der Waals surface area contributed by atoms with E-state index in [4.69, 9.17) is 21.9 Å². The van der Waals surface area contributed by atoms with E-state index in [1.165, 1.54) is 116 Å². The Morgan fingerprint density at radius 3 is 1.40 bits per heavy atom. The average Bonchev–Trinajstić information content (AvgIpc) is 3.15. The molecule has 1 amide bonds. The molecule has 11 heteroatoms. The molecule has 8 atom stereocenters. The Balaban J connectivity index is 2.84. The van der Waals surface area contributed by atoms with E-state index in [0.717, 1.165) is 38.5 Å². The van der Waals surface area contributed by atoms with E-state index in [2.05, 4.69) is 19.2 Å². The molecule has 1 aliphatic rings. The number of ketones is 2. The number of carbonyl (C=O) groups is 3. The summed E-state index contributed by atoms with van der Waals surface area (Å²) in [7, 11) is 0. The normalized spacial score (nSPS) is 23.1. The summed E-state index contributed by atoms with van der Waals surface area (Å²) in [6.07, 6.45) is 25.8. The fourth-order valence-corrected chi connectivity index (χ4v) is 8.05. The van der Waals surface area contributed by atoms with Crippen LogP contribution in [0.2, 0.25) is 0 Å². The van der Waals surface area contributed by atoms with Crippen LogP contribution in [0.25, 0.3) is 0 Å². The Morgan fingerprint density at radius 2 is 1.04 bits per heavy atom. The number of carbonyl (C=O) groups excluding carboxylic acids is 3. The second-order valence-electron chi connectivity index (χ2n) is 17.2. The van der Waals surface area contributed by atoms with Crippen molar-refractivity contribution in [2.45, 2.75) is 237 Å². The quantitative estimate of drug-likeness (QED) is 0.0197. The zero-order chi connectivity index (χ0) is 41.1. The first-order chi connectivity index (χ1) is 26.3. The van der Waals surface area contributed by atoms with E-state index in [1.54, 1.807) is 0 Å². The highest BCUT2D eigenvalue weighted by Crippen LogP contribution is 2.33. The fraction of sp³-hybridized carbons (Fsp3) is 0.932. The molecule has 2 unspecified atom stereocenters. The lowest BCUT2D eigenvalue weighted by atomic mass is 9.79. The molecule has 0 aromatic heterocycles. The van der Waals surface area contributed by atoms with Gasteiger partial charge in [-0.1, -0.05) is 182 Å². The topological polar surface area (TPSA) is 211 Å². The summed E-state index contributed by atoms with van der Waals surface area (Å²) in [6, 6.07) is -2.78. The third kappa shape index (κ3) is 20.7. The molecule has 0 aliphatic carbocycles. The molecule has 0 aromatic carbocycles. The number of unbranched alkanes of at least 4 members (excludes halogenated alkanes) is 22. The number of aliphatic hydroxyl groups is 3. The molecule has 11 nitrogen and oxygen atoms in total. The molecule has 1 aliphatic heterocycles. The molecule has 324 valence electrons. The molecule has 55 heavy (non-hydrogen) atoms. The minimum atomic E-state index is -2.33. The highest BCUT2D eigenvalue weighted by molar-refractivity contribution is 6.09. The molecule has 1 heterocycles. The first kappa shape index (κ1) is 51.5.